The third kappa shape index (κ3) is 3.04. The summed E-state index contributed by atoms with van der Waals surface area (Å²) < 4.78 is 5.40. The van der Waals surface area contributed by atoms with Gasteiger partial charge in [0.15, 0.2) is 10.9 Å². The van der Waals surface area contributed by atoms with Crippen LogP contribution in [0.25, 0.3) is 0 Å². The molecule has 17 heavy (non-hydrogen) atoms. The van der Waals surface area contributed by atoms with Crippen LogP contribution in [0.5, 0.6) is 0 Å². The minimum atomic E-state index is -0.120. The van der Waals surface area contributed by atoms with Crippen LogP contribution in [0, 0.1) is 0 Å². The van der Waals surface area contributed by atoms with Gasteiger partial charge in [0.25, 0.3) is 5.91 Å². The lowest BCUT2D eigenvalue weighted by Gasteiger charge is -2.30. The summed E-state index contributed by atoms with van der Waals surface area (Å²) in [7, 11) is 0. The lowest BCUT2D eigenvalue weighted by Crippen LogP contribution is -2.51. The maximum absolute atomic E-state index is 11.9. The van der Waals surface area contributed by atoms with Gasteiger partial charge in [0.1, 0.15) is 0 Å². The van der Waals surface area contributed by atoms with E-state index in [1.54, 1.807) is 6.07 Å². The number of furan rings is 1. The highest BCUT2D eigenvalue weighted by Gasteiger charge is 2.23. The van der Waals surface area contributed by atoms with Crippen molar-refractivity contribution in [3.05, 3.63) is 17.9 Å². The summed E-state index contributed by atoms with van der Waals surface area (Å²) >= 11 is 1.49. The van der Waals surface area contributed by atoms with Crippen molar-refractivity contribution in [3.8, 4) is 0 Å². The van der Waals surface area contributed by atoms with Crippen LogP contribution in [0.3, 0.4) is 0 Å². The van der Waals surface area contributed by atoms with Crippen LogP contribution in [0.2, 0.25) is 0 Å². The second kappa shape index (κ2) is 5.60. The summed E-state index contributed by atoms with van der Waals surface area (Å²) in [4.78, 5) is 11.9. The van der Waals surface area contributed by atoms with Crippen LogP contribution in [-0.4, -0.2) is 30.8 Å². The molecule has 0 bridgehead atoms. The van der Waals surface area contributed by atoms with Crippen molar-refractivity contribution >= 4 is 17.7 Å². The van der Waals surface area contributed by atoms with Crippen LogP contribution in [0.15, 0.2) is 21.6 Å². The Labute approximate surface area is 106 Å². The van der Waals surface area contributed by atoms with E-state index in [4.69, 9.17) is 4.42 Å². The molecule has 1 amide bonds. The van der Waals surface area contributed by atoms with E-state index >= 15 is 0 Å². The molecule has 0 saturated carbocycles. The summed E-state index contributed by atoms with van der Waals surface area (Å²) in [6.07, 6.45) is 4.05. The zero-order valence-corrected chi connectivity index (χ0v) is 11.0. The van der Waals surface area contributed by atoms with Crippen LogP contribution in [0.4, 0.5) is 0 Å². The fourth-order valence-corrected chi connectivity index (χ4v) is 2.41. The molecule has 94 valence electrons. The minimum absolute atomic E-state index is 0.120. The molecule has 1 fully saturated rings. The molecule has 1 saturated heterocycles. The van der Waals surface area contributed by atoms with Gasteiger partial charge in [0, 0.05) is 12.1 Å². The quantitative estimate of drug-likeness (QED) is 0.809. The second-order valence-electron chi connectivity index (χ2n) is 4.29. The van der Waals surface area contributed by atoms with E-state index in [1.165, 1.54) is 11.8 Å². The van der Waals surface area contributed by atoms with Gasteiger partial charge >= 0.3 is 0 Å². The topological polar surface area (TPSA) is 54.3 Å². The van der Waals surface area contributed by atoms with E-state index in [2.05, 4.69) is 17.6 Å². The maximum atomic E-state index is 11.9. The Hall–Kier alpha value is -0.940. The highest BCUT2D eigenvalue weighted by Crippen LogP contribution is 2.18. The number of rotatable bonds is 3. The predicted molar refractivity (Wildman–Crippen MR) is 68.4 cm³/mol. The molecular formula is C12H18N2O2S. The van der Waals surface area contributed by atoms with E-state index in [0.29, 0.717) is 11.8 Å². The van der Waals surface area contributed by atoms with Crippen molar-refractivity contribution in [1.29, 1.82) is 0 Å². The zero-order valence-electron chi connectivity index (χ0n) is 10.2. The van der Waals surface area contributed by atoms with Gasteiger partial charge in [-0.2, -0.15) is 0 Å². The predicted octanol–water partition coefficient (Wildman–Crippen LogP) is 1.87. The van der Waals surface area contributed by atoms with Crippen LogP contribution in [-0.2, 0) is 0 Å². The van der Waals surface area contributed by atoms with Gasteiger partial charge < -0.3 is 15.1 Å². The lowest BCUT2D eigenvalue weighted by molar-refractivity contribution is 0.0886. The molecule has 0 spiro atoms. The highest BCUT2D eigenvalue weighted by atomic mass is 32.2. The largest absolute Gasteiger partial charge is 0.445 e. The molecule has 2 atom stereocenters. The van der Waals surface area contributed by atoms with E-state index in [1.807, 2.05) is 12.3 Å². The first kappa shape index (κ1) is 12.5. The molecule has 4 nitrogen and oxygen atoms in total. The minimum Gasteiger partial charge on any atom is -0.445 e. The van der Waals surface area contributed by atoms with Gasteiger partial charge in [-0.3, -0.25) is 4.79 Å². The molecule has 1 aromatic heterocycles. The molecular weight excluding hydrogens is 236 g/mol. The number of nitrogens with one attached hydrogen (secondary N) is 2. The normalized spacial score (nSPS) is 24.6. The second-order valence-corrected chi connectivity index (χ2v) is 5.10. The standard InChI is InChI=1S/C12H18N2O2S/c1-8-9(4-3-7-13-8)14-12(15)10-5-6-11(16-10)17-2/h5-6,8-9,13H,3-4,7H2,1-2H3,(H,14,15). The van der Waals surface area contributed by atoms with Crippen molar-refractivity contribution < 1.29 is 9.21 Å². The zero-order chi connectivity index (χ0) is 12.3. The van der Waals surface area contributed by atoms with E-state index in [-0.39, 0.29) is 11.9 Å². The van der Waals surface area contributed by atoms with Crippen molar-refractivity contribution in [3.63, 3.8) is 0 Å². The number of hydrogen-bond acceptors (Lipinski definition) is 4. The van der Waals surface area contributed by atoms with Crippen molar-refractivity contribution in [1.82, 2.24) is 10.6 Å². The molecule has 1 aliphatic heterocycles. The van der Waals surface area contributed by atoms with Gasteiger partial charge in [0.2, 0.25) is 0 Å². The van der Waals surface area contributed by atoms with Crippen molar-refractivity contribution in [2.45, 2.75) is 36.9 Å². The molecule has 2 unspecified atom stereocenters. The van der Waals surface area contributed by atoms with Gasteiger partial charge in [-0.1, -0.05) is 11.8 Å². The van der Waals surface area contributed by atoms with Gasteiger partial charge in [-0.25, -0.2) is 0 Å². The Bertz CT molecular complexity index is 392. The third-order valence-corrected chi connectivity index (χ3v) is 3.71. The van der Waals surface area contributed by atoms with E-state index in [0.717, 1.165) is 24.5 Å². The Morgan fingerprint density at radius 3 is 3.06 bits per heavy atom. The Kier molecular flexibility index (Phi) is 4.12. The van der Waals surface area contributed by atoms with Gasteiger partial charge in [-0.05, 0) is 44.7 Å². The van der Waals surface area contributed by atoms with E-state index < -0.39 is 0 Å². The monoisotopic (exact) mass is 254 g/mol. The summed E-state index contributed by atoms with van der Waals surface area (Å²) in [6, 6.07) is 4.06. The number of carbonyl (C=O) groups excluding carboxylic acids is 1. The van der Waals surface area contributed by atoms with E-state index in [9.17, 15) is 4.79 Å². The number of amides is 1. The molecule has 2 rings (SSSR count). The summed E-state index contributed by atoms with van der Waals surface area (Å²) in [5.41, 5.74) is 0. The average molecular weight is 254 g/mol. The van der Waals surface area contributed by atoms with Crippen LogP contribution >= 0.6 is 11.8 Å². The fourth-order valence-electron chi connectivity index (χ4n) is 2.03. The highest BCUT2D eigenvalue weighted by molar-refractivity contribution is 7.98. The lowest BCUT2D eigenvalue weighted by atomic mass is 10.00. The van der Waals surface area contributed by atoms with Gasteiger partial charge in [0.05, 0.1) is 0 Å². The molecule has 5 heteroatoms. The smallest absolute Gasteiger partial charge is 0.287 e. The molecule has 0 aromatic carbocycles. The van der Waals surface area contributed by atoms with Gasteiger partial charge in [-0.15, -0.1) is 0 Å². The number of hydrogen-bond donors (Lipinski definition) is 2. The Morgan fingerprint density at radius 1 is 1.59 bits per heavy atom. The molecule has 2 heterocycles. The first-order chi connectivity index (χ1) is 8.20. The first-order valence-corrected chi connectivity index (χ1v) is 7.11. The summed E-state index contributed by atoms with van der Waals surface area (Å²) in [6.45, 7) is 3.13. The fraction of sp³-hybridized carbons (Fsp3) is 0.583. The summed E-state index contributed by atoms with van der Waals surface area (Å²) in [5, 5.41) is 7.14. The van der Waals surface area contributed by atoms with Crippen molar-refractivity contribution in [2.24, 2.45) is 0 Å². The summed E-state index contributed by atoms with van der Waals surface area (Å²) in [5.74, 6) is 0.276. The van der Waals surface area contributed by atoms with Crippen molar-refractivity contribution in [2.75, 3.05) is 12.8 Å². The average Bonchev–Trinajstić information content (AvgIpc) is 2.81. The molecule has 1 aromatic rings. The molecule has 2 N–H and O–H groups in total. The first-order valence-electron chi connectivity index (χ1n) is 5.89. The molecule has 0 radical (unpaired) electrons. The molecule has 0 aliphatic carbocycles. The molecule has 1 aliphatic rings. The SMILES string of the molecule is CSc1ccc(C(=O)NC2CCCNC2C)o1. The van der Waals surface area contributed by atoms with Crippen LogP contribution in [0.1, 0.15) is 30.3 Å². The Balaban J connectivity index is 1.96. The van der Waals surface area contributed by atoms with Crippen LogP contribution < -0.4 is 10.6 Å². The number of carbonyl (C=O) groups is 1. The Morgan fingerprint density at radius 2 is 2.41 bits per heavy atom. The number of piperidine rings is 1. The number of thioether (sulfide) groups is 1. The third-order valence-electron chi connectivity index (χ3n) is 3.08. The maximum Gasteiger partial charge on any atom is 0.287 e.